The van der Waals surface area contributed by atoms with Gasteiger partial charge in [0.25, 0.3) is 5.91 Å². The molecule has 0 aromatic heterocycles. The average Bonchev–Trinajstić information content (AvgIpc) is 2.86. The quantitative estimate of drug-likeness (QED) is 0.521. The largest absolute Gasteiger partial charge is 0.493 e. The maximum Gasteiger partial charge on any atom is 0.254 e. The molecule has 1 aliphatic rings. The first-order chi connectivity index (χ1) is 16.9. The van der Waals surface area contributed by atoms with Crippen LogP contribution in [-0.2, 0) is 4.79 Å². The zero-order valence-electron chi connectivity index (χ0n) is 21.3. The standard InChI is InChI=1S/C27H36FN3O4/c1-6-13-31(14-7-2)15-12-29-26(32)24-19-16-22(34-4)23(35-5)17-20(19)27(33)30(3)25(24)18-10-8-9-11-21(18)28/h8-11,16-17,24-25H,6-7,12-15H2,1-5H3,(H,29,32). The number of rotatable bonds is 11. The third-order valence-electron chi connectivity index (χ3n) is 6.49. The topological polar surface area (TPSA) is 71.1 Å². The SMILES string of the molecule is CCCN(CCC)CCNC(=O)C1c2cc(OC)c(OC)cc2C(=O)N(C)C1c1ccccc1F. The number of nitrogens with zero attached hydrogens (tertiary/aromatic N) is 2. The minimum Gasteiger partial charge on any atom is -0.493 e. The Labute approximate surface area is 207 Å². The number of likely N-dealkylation sites (N-methyl/N-ethyl adjacent to an activating group) is 1. The van der Waals surface area contributed by atoms with E-state index in [1.807, 2.05) is 0 Å². The van der Waals surface area contributed by atoms with Crippen LogP contribution in [0.3, 0.4) is 0 Å². The van der Waals surface area contributed by atoms with Crippen molar-refractivity contribution in [1.82, 2.24) is 15.1 Å². The number of carbonyl (C=O) groups excluding carboxylic acids is 2. The first kappa shape index (κ1) is 26.5. The van der Waals surface area contributed by atoms with Crippen LogP contribution in [0.25, 0.3) is 0 Å². The molecule has 35 heavy (non-hydrogen) atoms. The summed E-state index contributed by atoms with van der Waals surface area (Å²) in [5.74, 6) is -1.06. The molecule has 8 heteroatoms. The Bertz CT molecular complexity index is 1040. The van der Waals surface area contributed by atoms with Crippen molar-refractivity contribution in [2.24, 2.45) is 0 Å². The lowest BCUT2D eigenvalue weighted by Gasteiger charge is -2.40. The molecule has 2 aromatic carbocycles. The Morgan fingerprint density at radius 3 is 2.26 bits per heavy atom. The molecule has 2 amide bonds. The third kappa shape index (κ3) is 5.59. The van der Waals surface area contributed by atoms with Crippen LogP contribution in [0.2, 0.25) is 0 Å². The van der Waals surface area contributed by atoms with Gasteiger partial charge in [-0.05, 0) is 49.7 Å². The van der Waals surface area contributed by atoms with Gasteiger partial charge in [-0.1, -0.05) is 32.0 Å². The van der Waals surface area contributed by atoms with Crippen molar-refractivity contribution >= 4 is 11.8 Å². The molecule has 2 atom stereocenters. The summed E-state index contributed by atoms with van der Waals surface area (Å²) in [5, 5.41) is 3.05. The smallest absolute Gasteiger partial charge is 0.254 e. The number of fused-ring (bicyclic) bond motifs is 1. The summed E-state index contributed by atoms with van der Waals surface area (Å²) >= 11 is 0. The van der Waals surface area contributed by atoms with E-state index < -0.39 is 17.8 Å². The summed E-state index contributed by atoms with van der Waals surface area (Å²) in [6.07, 6.45) is 2.07. The van der Waals surface area contributed by atoms with Gasteiger partial charge in [-0.15, -0.1) is 0 Å². The van der Waals surface area contributed by atoms with Crippen molar-refractivity contribution < 1.29 is 23.5 Å². The van der Waals surface area contributed by atoms with Crippen molar-refractivity contribution in [2.45, 2.75) is 38.6 Å². The van der Waals surface area contributed by atoms with Gasteiger partial charge in [0.2, 0.25) is 5.91 Å². The van der Waals surface area contributed by atoms with Crippen LogP contribution in [-0.4, -0.2) is 69.1 Å². The highest BCUT2D eigenvalue weighted by molar-refractivity contribution is 6.02. The summed E-state index contributed by atoms with van der Waals surface area (Å²) < 4.78 is 25.8. The number of hydrogen-bond donors (Lipinski definition) is 1. The molecule has 0 fully saturated rings. The number of carbonyl (C=O) groups is 2. The number of benzene rings is 2. The Kier molecular flexibility index (Phi) is 9.09. The maximum atomic E-state index is 15.0. The van der Waals surface area contributed by atoms with E-state index in [1.54, 1.807) is 37.4 Å². The summed E-state index contributed by atoms with van der Waals surface area (Å²) in [4.78, 5) is 30.8. The first-order valence-corrected chi connectivity index (χ1v) is 12.1. The van der Waals surface area contributed by atoms with Crippen LogP contribution in [0.5, 0.6) is 11.5 Å². The number of halogens is 1. The minimum absolute atomic E-state index is 0.265. The molecule has 190 valence electrons. The number of hydrogen-bond acceptors (Lipinski definition) is 5. The Balaban J connectivity index is 2.02. The molecule has 2 aromatic rings. The molecule has 0 saturated carbocycles. The van der Waals surface area contributed by atoms with E-state index in [2.05, 4.69) is 24.1 Å². The zero-order chi connectivity index (χ0) is 25.5. The van der Waals surface area contributed by atoms with E-state index in [0.717, 1.165) is 32.5 Å². The van der Waals surface area contributed by atoms with Gasteiger partial charge < -0.3 is 24.6 Å². The molecule has 1 aliphatic heterocycles. The van der Waals surface area contributed by atoms with Gasteiger partial charge >= 0.3 is 0 Å². The third-order valence-corrected chi connectivity index (χ3v) is 6.49. The molecule has 0 bridgehead atoms. The fraction of sp³-hybridized carbons (Fsp3) is 0.481. The lowest BCUT2D eigenvalue weighted by Crippen LogP contribution is -2.47. The lowest BCUT2D eigenvalue weighted by atomic mass is 9.79. The number of amides is 2. The van der Waals surface area contributed by atoms with Crippen LogP contribution < -0.4 is 14.8 Å². The van der Waals surface area contributed by atoms with E-state index in [4.69, 9.17) is 9.47 Å². The highest BCUT2D eigenvalue weighted by Gasteiger charge is 2.44. The number of methoxy groups -OCH3 is 2. The average molecular weight is 486 g/mol. The number of nitrogens with one attached hydrogen (secondary N) is 1. The molecule has 0 spiro atoms. The molecule has 2 unspecified atom stereocenters. The second-order valence-electron chi connectivity index (χ2n) is 8.79. The minimum atomic E-state index is -0.824. The van der Waals surface area contributed by atoms with E-state index >= 15 is 0 Å². The van der Waals surface area contributed by atoms with Crippen LogP contribution in [0.15, 0.2) is 36.4 Å². The second kappa shape index (κ2) is 12.0. The van der Waals surface area contributed by atoms with Gasteiger partial charge in [-0.2, -0.15) is 0 Å². The molecule has 0 radical (unpaired) electrons. The molecular formula is C27H36FN3O4. The highest BCUT2D eigenvalue weighted by Crippen LogP contribution is 2.46. The Morgan fingerprint density at radius 1 is 1.03 bits per heavy atom. The van der Waals surface area contributed by atoms with Gasteiger partial charge in [-0.25, -0.2) is 4.39 Å². The Hall–Kier alpha value is -3.13. The Morgan fingerprint density at radius 2 is 1.66 bits per heavy atom. The van der Waals surface area contributed by atoms with E-state index in [0.29, 0.717) is 34.7 Å². The summed E-state index contributed by atoms with van der Waals surface area (Å²) in [6, 6.07) is 8.73. The molecule has 3 rings (SSSR count). The molecule has 7 nitrogen and oxygen atoms in total. The summed E-state index contributed by atoms with van der Waals surface area (Å²) in [6.45, 7) is 7.36. The van der Waals surface area contributed by atoms with Crippen LogP contribution in [0.1, 0.15) is 60.1 Å². The van der Waals surface area contributed by atoms with Crippen molar-refractivity contribution in [3.8, 4) is 11.5 Å². The van der Waals surface area contributed by atoms with Crippen molar-refractivity contribution in [3.63, 3.8) is 0 Å². The second-order valence-corrected chi connectivity index (χ2v) is 8.79. The number of ether oxygens (including phenoxy) is 2. The van der Waals surface area contributed by atoms with Crippen molar-refractivity contribution in [2.75, 3.05) is 47.4 Å². The molecular weight excluding hydrogens is 449 g/mol. The van der Waals surface area contributed by atoms with Crippen LogP contribution in [0.4, 0.5) is 4.39 Å². The normalized spacial score (nSPS) is 17.3. The van der Waals surface area contributed by atoms with Crippen LogP contribution in [0, 0.1) is 5.82 Å². The van der Waals surface area contributed by atoms with E-state index in [1.165, 1.54) is 25.2 Å². The molecule has 0 saturated heterocycles. The first-order valence-electron chi connectivity index (χ1n) is 12.1. The predicted octanol–water partition coefficient (Wildman–Crippen LogP) is 3.99. The van der Waals surface area contributed by atoms with Crippen molar-refractivity contribution in [1.29, 1.82) is 0 Å². The molecule has 0 aliphatic carbocycles. The fourth-order valence-electron chi connectivity index (χ4n) is 4.85. The van der Waals surface area contributed by atoms with E-state index in [9.17, 15) is 14.0 Å². The molecule has 1 N–H and O–H groups in total. The molecule has 1 heterocycles. The van der Waals surface area contributed by atoms with Gasteiger partial charge in [-0.3, -0.25) is 9.59 Å². The lowest BCUT2D eigenvalue weighted by molar-refractivity contribution is -0.124. The van der Waals surface area contributed by atoms with Gasteiger partial charge in [0.1, 0.15) is 5.82 Å². The van der Waals surface area contributed by atoms with Crippen molar-refractivity contribution in [3.05, 3.63) is 58.9 Å². The summed E-state index contributed by atoms with van der Waals surface area (Å²) in [7, 11) is 4.59. The fourth-order valence-corrected chi connectivity index (χ4v) is 4.85. The maximum absolute atomic E-state index is 15.0. The van der Waals surface area contributed by atoms with Gasteiger partial charge in [0, 0.05) is 31.3 Å². The predicted molar refractivity (Wildman–Crippen MR) is 134 cm³/mol. The van der Waals surface area contributed by atoms with E-state index in [-0.39, 0.29) is 11.8 Å². The van der Waals surface area contributed by atoms with Gasteiger partial charge in [0.05, 0.1) is 26.2 Å². The monoisotopic (exact) mass is 485 g/mol. The summed E-state index contributed by atoms with van der Waals surface area (Å²) in [5.41, 5.74) is 1.13. The van der Waals surface area contributed by atoms with Gasteiger partial charge in [0.15, 0.2) is 11.5 Å². The zero-order valence-corrected chi connectivity index (χ0v) is 21.3. The van der Waals surface area contributed by atoms with Crippen LogP contribution >= 0.6 is 0 Å². The highest BCUT2D eigenvalue weighted by atomic mass is 19.1.